The Kier molecular flexibility index (Phi) is 5.08. The predicted molar refractivity (Wildman–Crippen MR) is 110 cm³/mol. The van der Waals surface area contributed by atoms with Crippen molar-refractivity contribution >= 4 is 39.6 Å². The molecule has 2 N–H and O–H groups in total. The van der Waals surface area contributed by atoms with E-state index in [2.05, 4.69) is 6.07 Å². The zero-order valence-corrected chi connectivity index (χ0v) is 16.9. The van der Waals surface area contributed by atoms with Crippen molar-refractivity contribution in [1.82, 2.24) is 0 Å². The Morgan fingerprint density at radius 3 is 2.85 bits per heavy atom. The molecule has 2 aromatic rings. The SMILES string of the molecule is N#Cc1cccc(-c2cc(Cl)c(C3CS(=O)C4(CCOCC4)C(N)=N3)s2)c1. The van der Waals surface area contributed by atoms with Crippen molar-refractivity contribution in [2.45, 2.75) is 23.6 Å². The van der Waals surface area contributed by atoms with Crippen molar-refractivity contribution in [2.24, 2.45) is 10.7 Å². The highest BCUT2D eigenvalue weighted by molar-refractivity contribution is 7.87. The van der Waals surface area contributed by atoms with Gasteiger partial charge in [-0.25, -0.2) is 0 Å². The number of nitrogens with two attached hydrogens (primary N) is 1. The van der Waals surface area contributed by atoms with Gasteiger partial charge in [-0.3, -0.25) is 9.20 Å². The largest absolute Gasteiger partial charge is 0.386 e. The van der Waals surface area contributed by atoms with Crippen LogP contribution in [0.1, 0.15) is 29.3 Å². The van der Waals surface area contributed by atoms with Crippen LogP contribution in [0.4, 0.5) is 0 Å². The maximum Gasteiger partial charge on any atom is 0.114 e. The van der Waals surface area contributed by atoms with Gasteiger partial charge in [0.25, 0.3) is 0 Å². The maximum absolute atomic E-state index is 13.1. The third kappa shape index (κ3) is 3.32. The van der Waals surface area contributed by atoms with Crippen molar-refractivity contribution in [3.8, 4) is 16.5 Å². The smallest absolute Gasteiger partial charge is 0.114 e. The summed E-state index contributed by atoms with van der Waals surface area (Å²) in [5.41, 5.74) is 7.83. The molecule has 3 heterocycles. The van der Waals surface area contributed by atoms with E-state index in [1.165, 1.54) is 11.3 Å². The van der Waals surface area contributed by atoms with Gasteiger partial charge in [0.15, 0.2) is 0 Å². The van der Waals surface area contributed by atoms with Gasteiger partial charge in [0, 0.05) is 33.8 Å². The summed E-state index contributed by atoms with van der Waals surface area (Å²) in [6.07, 6.45) is 1.29. The summed E-state index contributed by atoms with van der Waals surface area (Å²) in [7, 11) is -1.13. The number of nitriles is 1. The Hall–Kier alpha value is -1.72. The molecular weight excluding hydrogens is 402 g/mol. The van der Waals surface area contributed by atoms with E-state index in [0.717, 1.165) is 15.3 Å². The lowest BCUT2D eigenvalue weighted by Gasteiger charge is -2.39. The fourth-order valence-corrected chi connectivity index (χ4v) is 6.92. The molecule has 0 radical (unpaired) electrons. The van der Waals surface area contributed by atoms with Gasteiger partial charge in [-0.05, 0) is 36.6 Å². The molecule has 2 aliphatic rings. The van der Waals surface area contributed by atoms with Gasteiger partial charge in [-0.2, -0.15) is 5.26 Å². The lowest BCUT2D eigenvalue weighted by atomic mass is 9.97. The van der Waals surface area contributed by atoms with E-state index in [0.29, 0.717) is 48.2 Å². The molecule has 1 fully saturated rings. The van der Waals surface area contributed by atoms with Gasteiger partial charge >= 0.3 is 0 Å². The van der Waals surface area contributed by atoms with Crippen LogP contribution in [0, 0.1) is 11.3 Å². The number of hydrogen-bond acceptors (Lipinski definition) is 6. The van der Waals surface area contributed by atoms with Crippen LogP contribution < -0.4 is 5.73 Å². The molecule has 4 rings (SSSR count). The zero-order valence-electron chi connectivity index (χ0n) is 14.5. The van der Waals surface area contributed by atoms with Crippen LogP contribution in [0.15, 0.2) is 35.3 Å². The molecule has 0 bridgehead atoms. The van der Waals surface area contributed by atoms with E-state index >= 15 is 0 Å². The van der Waals surface area contributed by atoms with Crippen LogP contribution in [0.5, 0.6) is 0 Å². The van der Waals surface area contributed by atoms with Crippen molar-refractivity contribution in [3.63, 3.8) is 0 Å². The molecule has 1 aromatic heterocycles. The fourth-order valence-electron chi connectivity index (χ4n) is 3.56. The Labute approximate surface area is 169 Å². The van der Waals surface area contributed by atoms with E-state index < -0.39 is 15.5 Å². The zero-order chi connectivity index (χ0) is 19.0. The third-order valence-electron chi connectivity index (χ3n) is 5.10. The molecule has 0 amide bonds. The average molecular weight is 420 g/mol. The molecule has 1 spiro atoms. The van der Waals surface area contributed by atoms with Gasteiger partial charge in [0.05, 0.1) is 28.5 Å². The first-order valence-corrected chi connectivity index (χ1v) is 11.1. The summed E-state index contributed by atoms with van der Waals surface area (Å²) in [5.74, 6) is 0.872. The Morgan fingerprint density at radius 1 is 1.37 bits per heavy atom. The highest BCUT2D eigenvalue weighted by Gasteiger charge is 2.46. The molecule has 0 aliphatic carbocycles. The second kappa shape index (κ2) is 7.36. The number of ether oxygens (including phenoxy) is 1. The number of benzene rings is 1. The van der Waals surface area contributed by atoms with Crippen molar-refractivity contribution in [3.05, 3.63) is 45.8 Å². The van der Waals surface area contributed by atoms with Gasteiger partial charge in [0.1, 0.15) is 10.6 Å². The number of amidine groups is 1. The standard InChI is InChI=1S/C19H18ClN3O2S2/c20-14-9-16(13-3-1-2-12(8-13)10-21)26-17(14)15-11-27(24)19(18(22)23-15)4-6-25-7-5-19/h1-3,8-9,15H,4-7,11H2,(H2,22,23). The molecule has 140 valence electrons. The van der Waals surface area contributed by atoms with E-state index in [1.807, 2.05) is 24.3 Å². The fraction of sp³-hybridized carbons (Fsp3) is 0.368. The highest BCUT2D eigenvalue weighted by Crippen LogP contribution is 2.43. The van der Waals surface area contributed by atoms with Crippen LogP contribution >= 0.6 is 22.9 Å². The summed E-state index contributed by atoms with van der Waals surface area (Å²) in [6.45, 7) is 1.12. The van der Waals surface area contributed by atoms with Crippen molar-refractivity contribution < 1.29 is 8.95 Å². The van der Waals surface area contributed by atoms with E-state index in [1.54, 1.807) is 6.07 Å². The maximum atomic E-state index is 13.1. The van der Waals surface area contributed by atoms with Crippen LogP contribution in [-0.2, 0) is 15.5 Å². The molecule has 2 aliphatic heterocycles. The number of aliphatic imine (C=N–C) groups is 1. The van der Waals surface area contributed by atoms with E-state index in [9.17, 15) is 4.21 Å². The minimum absolute atomic E-state index is 0.301. The van der Waals surface area contributed by atoms with E-state index in [4.69, 9.17) is 32.3 Å². The summed E-state index contributed by atoms with van der Waals surface area (Å²) >= 11 is 8.01. The minimum Gasteiger partial charge on any atom is -0.386 e. The summed E-state index contributed by atoms with van der Waals surface area (Å²) < 4.78 is 17.9. The molecule has 2 atom stereocenters. The molecule has 5 nitrogen and oxygen atoms in total. The molecular formula is C19H18ClN3O2S2. The molecule has 1 saturated heterocycles. The van der Waals surface area contributed by atoms with Crippen LogP contribution in [0.3, 0.4) is 0 Å². The summed E-state index contributed by atoms with van der Waals surface area (Å²) in [6, 6.07) is 11.1. The molecule has 2 unspecified atom stereocenters. The van der Waals surface area contributed by atoms with Crippen LogP contribution in [0.2, 0.25) is 5.02 Å². The Morgan fingerprint density at radius 2 is 2.15 bits per heavy atom. The number of halogens is 1. The first-order chi connectivity index (χ1) is 13.0. The molecule has 1 aromatic carbocycles. The van der Waals surface area contributed by atoms with E-state index in [-0.39, 0.29) is 6.04 Å². The van der Waals surface area contributed by atoms with Gasteiger partial charge in [0.2, 0.25) is 0 Å². The normalized spacial score (nSPS) is 24.4. The van der Waals surface area contributed by atoms with Gasteiger partial charge < -0.3 is 10.5 Å². The quantitative estimate of drug-likeness (QED) is 0.804. The summed E-state index contributed by atoms with van der Waals surface area (Å²) in [5, 5.41) is 9.70. The number of hydrogen-bond donors (Lipinski definition) is 1. The average Bonchev–Trinajstić information content (AvgIpc) is 3.08. The molecule has 8 heteroatoms. The lowest BCUT2D eigenvalue weighted by Crippen LogP contribution is -2.54. The monoisotopic (exact) mass is 419 g/mol. The number of thiophene rings is 1. The van der Waals surface area contributed by atoms with Crippen LogP contribution in [0.25, 0.3) is 10.4 Å². The highest BCUT2D eigenvalue weighted by atomic mass is 35.5. The number of nitrogens with zero attached hydrogens (tertiary/aromatic N) is 2. The molecule has 0 saturated carbocycles. The second-order valence-electron chi connectivity index (χ2n) is 6.66. The first kappa shape index (κ1) is 18.6. The summed E-state index contributed by atoms with van der Waals surface area (Å²) in [4.78, 5) is 6.53. The van der Waals surface area contributed by atoms with Gasteiger partial charge in [-0.15, -0.1) is 11.3 Å². The molecule has 27 heavy (non-hydrogen) atoms. The Bertz CT molecular complexity index is 974. The van der Waals surface area contributed by atoms with Gasteiger partial charge in [-0.1, -0.05) is 23.7 Å². The lowest BCUT2D eigenvalue weighted by molar-refractivity contribution is 0.0890. The minimum atomic E-state index is -1.13. The number of rotatable bonds is 2. The third-order valence-corrected chi connectivity index (χ3v) is 8.92. The van der Waals surface area contributed by atoms with Crippen LogP contribution in [-0.4, -0.2) is 33.8 Å². The van der Waals surface area contributed by atoms with Crippen molar-refractivity contribution in [1.29, 1.82) is 5.26 Å². The Balaban J connectivity index is 1.68. The van der Waals surface area contributed by atoms with Crippen molar-refractivity contribution in [2.75, 3.05) is 19.0 Å². The second-order valence-corrected chi connectivity index (χ2v) is 9.96. The topological polar surface area (TPSA) is 88.5 Å². The first-order valence-electron chi connectivity index (χ1n) is 8.63. The predicted octanol–water partition coefficient (Wildman–Crippen LogP) is 3.65.